The van der Waals surface area contributed by atoms with Gasteiger partial charge in [-0.15, -0.1) is 0 Å². The number of rotatable bonds is 6. The lowest BCUT2D eigenvalue weighted by atomic mass is 9.88. The largest absolute Gasteiger partial charge is 0.457 e. The first kappa shape index (κ1) is 25.2. The molecule has 6 heteroatoms. The SMILES string of the molecule is Cc1cccc(-c2ccc(C3CCN(S(=O)(=O)c4cccc(Oc5ccc(F)cc5)c4)CC3)cc2)c1C. The molecule has 0 atom stereocenters. The fourth-order valence-electron chi connectivity index (χ4n) is 4.91. The first-order valence-electron chi connectivity index (χ1n) is 12.5. The van der Waals surface area contributed by atoms with Gasteiger partial charge in [0, 0.05) is 19.2 Å². The van der Waals surface area contributed by atoms with Crippen molar-refractivity contribution in [1.29, 1.82) is 0 Å². The highest BCUT2D eigenvalue weighted by atomic mass is 32.2. The first-order valence-corrected chi connectivity index (χ1v) is 14.0. The van der Waals surface area contributed by atoms with Gasteiger partial charge in [0.25, 0.3) is 0 Å². The van der Waals surface area contributed by atoms with Gasteiger partial charge in [-0.25, -0.2) is 12.8 Å². The van der Waals surface area contributed by atoms with E-state index < -0.39 is 10.0 Å². The Morgan fingerprint density at radius 1 is 0.811 bits per heavy atom. The molecule has 0 unspecified atom stereocenters. The predicted molar refractivity (Wildman–Crippen MR) is 145 cm³/mol. The van der Waals surface area contributed by atoms with Gasteiger partial charge in [0.2, 0.25) is 10.0 Å². The van der Waals surface area contributed by atoms with Gasteiger partial charge in [-0.1, -0.05) is 48.5 Å². The minimum absolute atomic E-state index is 0.198. The number of ether oxygens (including phenoxy) is 1. The molecule has 190 valence electrons. The van der Waals surface area contributed by atoms with Crippen molar-refractivity contribution in [3.05, 3.63) is 114 Å². The highest BCUT2D eigenvalue weighted by Gasteiger charge is 2.30. The summed E-state index contributed by atoms with van der Waals surface area (Å²) in [5, 5.41) is 0. The number of sulfonamides is 1. The minimum atomic E-state index is -3.65. The maximum absolute atomic E-state index is 13.4. The van der Waals surface area contributed by atoms with Gasteiger partial charge >= 0.3 is 0 Å². The highest BCUT2D eigenvalue weighted by molar-refractivity contribution is 7.89. The molecule has 0 amide bonds. The number of benzene rings is 4. The van der Waals surface area contributed by atoms with Crippen LogP contribution in [0.25, 0.3) is 11.1 Å². The second-order valence-corrected chi connectivity index (χ2v) is 11.5. The molecule has 0 bridgehead atoms. The lowest BCUT2D eigenvalue weighted by Gasteiger charge is -2.31. The van der Waals surface area contributed by atoms with Crippen LogP contribution in [0.2, 0.25) is 0 Å². The molecule has 4 aromatic rings. The highest BCUT2D eigenvalue weighted by Crippen LogP contribution is 2.34. The second kappa shape index (κ2) is 10.5. The number of hydrogen-bond acceptors (Lipinski definition) is 3. The Bertz CT molecular complexity index is 1490. The van der Waals surface area contributed by atoms with E-state index in [9.17, 15) is 12.8 Å². The van der Waals surface area contributed by atoms with Crippen LogP contribution < -0.4 is 4.74 Å². The summed E-state index contributed by atoms with van der Waals surface area (Å²) in [5.41, 5.74) is 6.27. The second-order valence-electron chi connectivity index (χ2n) is 9.58. The Hall–Kier alpha value is -3.48. The van der Waals surface area contributed by atoms with Gasteiger partial charge in [0.1, 0.15) is 17.3 Å². The normalized spacial score (nSPS) is 15.0. The number of halogens is 1. The summed E-state index contributed by atoms with van der Waals surface area (Å²) in [6.07, 6.45) is 1.54. The van der Waals surface area contributed by atoms with Crippen LogP contribution in [0.1, 0.15) is 35.4 Å². The maximum Gasteiger partial charge on any atom is 0.243 e. The van der Waals surface area contributed by atoms with Gasteiger partial charge in [-0.05, 0) is 96.8 Å². The van der Waals surface area contributed by atoms with E-state index in [1.54, 1.807) is 22.5 Å². The summed E-state index contributed by atoms with van der Waals surface area (Å²) >= 11 is 0. The fourth-order valence-corrected chi connectivity index (χ4v) is 6.42. The Labute approximate surface area is 218 Å². The number of hydrogen-bond donors (Lipinski definition) is 0. The molecule has 37 heavy (non-hydrogen) atoms. The lowest BCUT2D eigenvalue weighted by Crippen LogP contribution is -2.37. The average Bonchev–Trinajstić information content (AvgIpc) is 2.92. The Balaban J connectivity index is 1.25. The molecule has 5 rings (SSSR count). The quantitative estimate of drug-likeness (QED) is 0.268. The van der Waals surface area contributed by atoms with Crippen molar-refractivity contribution in [2.45, 2.75) is 37.5 Å². The molecule has 1 heterocycles. The van der Waals surface area contributed by atoms with Gasteiger partial charge in [0.05, 0.1) is 4.90 Å². The van der Waals surface area contributed by atoms with Crippen LogP contribution >= 0.6 is 0 Å². The summed E-state index contributed by atoms with van der Waals surface area (Å²) in [5.74, 6) is 0.809. The van der Waals surface area contributed by atoms with Gasteiger partial charge in [-0.2, -0.15) is 4.31 Å². The van der Waals surface area contributed by atoms with Crippen molar-refractivity contribution in [3.63, 3.8) is 0 Å². The van der Waals surface area contributed by atoms with E-state index >= 15 is 0 Å². The molecule has 0 saturated carbocycles. The first-order chi connectivity index (χ1) is 17.8. The molecule has 0 spiro atoms. The zero-order chi connectivity index (χ0) is 26.0. The Morgan fingerprint density at radius 2 is 1.49 bits per heavy atom. The standard InChI is InChI=1S/C31H30FNO3S/c1-22-5-3-8-31(23(22)2)26-11-9-24(10-12-26)25-17-19-33(20-18-25)37(34,35)30-7-4-6-29(21-30)36-28-15-13-27(32)14-16-28/h3-16,21,25H,17-20H2,1-2H3. The summed E-state index contributed by atoms with van der Waals surface area (Å²) in [4.78, 5) is 0.198. The van der Waals surface area contributed by atoms with Crippen LogP contribution in [-0.2, 0) is 10.0 Å². The number of nitrogens with zero attached hydrogens (tertiary/aromatic N) is 1. The molecule has 1 fully saturated rings. The summed E-state index contributed by atoms with van der Waals surface area (Å²) in [6, 6.07) is 27.2. The zero-order valence-corrected chi connectivity index (χ0v) is 21.8. The molecule has 1 aliphatic rings. The van der Waals surface area contributed by atoms with Crippen molar-refractivity contribution >= 4 is 10.0 Å². The van der Waals surface area contributed by atoms with Crippen LogP contribution in [0, 0.1) is 19.7 Å². The van der Waals surface area contributed by atoms with E-state index in [4.69, 9.17) is 4.74 Å². The van der Waals surface area contributed by atoms with Crippen LogP contribution in [0.4, 0.5) is 4.39 Å². The van der Waals surface area contributed by atoms with Crippen LogP contribution in [0.5, 0.6) is 11.5 Å². The summed E-state index contributed by atoms with van der Waals surface area (Å²) in [6.45, 7) is 5.22. The Morgan fingerprint density at radius 3 is 2.19 bits per heavy atom. The third kappa shape index (κ3) is 5.45. The predicted octanol–water partition coefficient (Wildman–Crippen LogP) is 7.47. The van der Waals surface area contributed by atoms with Crippen molar-refractivity contribution in [2.24, 2.45) is 0 Å². The molecule has 4 nitrogen and oxygen atoms in total. The summed E-state index contributed by atoms with van der Waals surface area (Å²) in [7, 11) is -3.65. The number of aryl methyl sites for hydroxylation is 1. The molecule has 1 aliphatic heterocycles. The zero-order valence-electron chi connectivity index (χ0n) is 21.0. The molecule has 0 radical (unpaired) electrons. The lowest BCUT2D eigenvalue weighted by molar-refractivity contribution is 0.319. The molecule has 4 aromatic carbocycles. The van der Waals surface area contributed by atoms with Crippen LogP contribution in [0.3, 0.4) is 0 Å². The topological polar surface area (TPSA) is 46.6 Å². The van der Waals surface area contributed by atoms with E-state index in [0.29, 0.717) is 30.5 Å². The average molecular weight is 516 g/mol. The van der Waals surface area contributed by atoms with E-state index in [-0.39, 0.29) is 10.7 Å². The van der Waals surface area contributed by atoms with Crippen LogP contribution in [0.15, 0.2) is 95.9 Å². The monoisotopic (exact) mass is 515 g/mol. The van der Waals surface area contributed by atoms with E-state index in [1.807, 2.05) is 0 Å². The third-order valence-corrected chi connectivity index (χ3v) is 9.14. The van der Waals surface area contributed by atoms with Crippen molar-refractivity contribution < 1.29 is 17.5 Å². The van der Waals surface area contributed by atoms with Crippen molar-refractivity contribution in [2.75, 3.05) is 13.1 Å². The van der Waals surface area contributed by atoms with Crippen molar-refractivity contribution in [1.82, 2.24) is 4.31 Å². The Kier molecular flexibility index (Phi) is 7.13. The molecule has 0 aromatic heterocycles. The fraction of sp³-hybridized carbons (Fsp3) is 0.226. The van der Waals surface area contributed by atoms with Gasteiger partial charge in [-0.3, -0.25) is 0 Å². The summed E-state index contributed by atoms with van der Waals surface area (Å²) < 4.78 is 47.2. The maximum atomic E-state index is 13.4. The molecular formula is C31H30FNO3S. The molecular weight excluding hydrogens is 485 g/mol. The van der Waals surface area contributed by atoms with E-state index in [0.717, 1.165) is 12.8 Å². The number of piperidine rings is 1. The molecule has 0 aliphatic carbocycles. The smallest absolute Gasteiger partial charge is 0.243 e. The van der Waals surface area contributed by atoms with Crippen molar-refractivity contribution in [3.8, 4) is 22.6 Å². The van der Waals surface area contributed by atoms with Gasteiger partial charge < -0.3 is 4.74 Å². The molecule has 0 N–H and O–H groups in total. The van der Waals surface area contributed by atoms with Gasteiger partial charge in [0.15, 0.2) is 0 Å². The molecule has 1 saturated heterocycles. The van der Waals surface area contributed by atoms with Crippen LogP contribution in [-0.4, -0.2) is 25.8 Å². The van der Waals surface area contributed by atoms with E-state index in [2.05, 4.69) is 56.3 Å². The third-order valence-electron chi connectivity index (χ3n) is 7.24. The van der Waals surface area contributed by atoms with E-state index in [1.165, 1.54) is 58.1 Å². The minimum Gasteiger partial charge on any atom is -0.457 e.